The maximum atomic E-state index is 12.7. The summed E-state index contributed by atoms with van der Waals surface area (Å²) in [6.07, 6.45) is 1.47. The second-order valence-electron chi connectivity index (χ2n) is 5.82. The van der Waals surface area contributed by atoms with Crippen molar-refractivity contribution in [1.82, 2.24) is 0 Å². The highest BCUT2D eigenvalue weighted by Gasteiger charge is 2.31. The Labute approximate surface area is 157 Å². The average Bonchev–Trinajstić information content (AvgIpc) is 2.53. The van der Waals surface area contributed by atoms with Crippen LogP contribution in [0.3, 0.4) is 0 Å². The molecule has 134 valence electrons. The van der Waals surface area contributed by atoms with Gasteiger partial charge in [0.2, 0.25) is 15.9 Å². The van der Waals surface area contributed by atoms with E-state index in [1.54, 1.807) is 37.3 Å². The Balaban J connectivity index is 2.36. The normalized spacial score (nSPS) is 12.5. The minimum atomic E-state index is -3.63. The molecule has 0 heterocycles. The molecule has 0 aliphatic rings. The Bertz CT molecular complexity index is 851. The van der Waals surface area contributed by atoms with Gasteiger partial charge in [-0.25, -0.2) is 8.42 Å². The maximum absolute atomic E-state index is 12.7. The first-order chi connectivity index (χ1) is 11.7. The van der Waals surface area contributed by atoms with Gasteiger partial charge in [-0.3, -0.25) is 9.10 Å². The van der Waals surface area contributed by atoms with Gasteiger partial charge < -0.3 is 5.32 Å². The molecule has 0 fully saturated rings. The molecule has 0 saturated carbocycles. The zero-order chi connectivity index (χ0) is 18.6. The molecule has 0 aliphatic heterocycles. The number of aryl methyl sites for hydroxylation is 1. The van der Waals surface area contributed by atoms with Gasteiger partial charge >= 0.3 is 0 Å². The lowest BCUT2D eigenvalue weighted by molar-refractivity contribution is -0.117. The van der Waals surface area contributed by atoms with Gasteiger partial charge in [-0.15, -0.1) is 0 Å². The van der Waals surface area contributed by atoms with E-state index in [-0.39, 0.29) is 5.91 Å². The number of rotatable bonds is 6. The number of amides is 1. The van der Waals surface area contributed by atoms with Gasteiger partial charge in [-0.1, -0.05) is 35.0 Å². The fraction of sp³-hybridized carbons (Fsp3) is 0.278. The van der Waals surface area contributed by atoms with Crippen LogP contribution in [0.4, 0.5) is 11.4 Å². The zero-order valence-corrected chi connectivity index (χ0v) is 16.8. The first-order valence-corrected chi connectivity index (χ1v) is 10.5. The predicted molar refractivity (Wildman–Crippen MR) is 105 cm³/mol. The summed E-state index contributed by atoms with van der Waals surface area (Å²) < 4.78 is 26.9. The summed E-state index contributed by atoms with van der Waals surface area (Å²) in [7, 11) is -3.63. The molecule has 1 amide bonds. The standard InChI is InChI=1S/C18H21BrN2O3S/c1-4-17(18(22)20-15-10-8-14(19)9-11-15)21(25(3,23)24)16-7-5-6-13(2)12-16/h5-12,17H,4H2,1-3H3,(H,20,22). The molecule has 2 rings (SSSR count). The Morgan fingerprint density at radius 2 is 1.84 bits per heavy atom. The number of anilines is 2. The number of nitrogens with one attached hydrogen (secondary N) is 1. The molecule has 0 radical (unpaired) electrons. The van der Waals surface area contributed by atoms with E-state index in [4.69, 9.17) is 0 Å². The van der Waals surface area contributed by atoms with E-state index < -0.39 is 16.1 Å². The summed E-state index contributed by atoms with van der Waals surface area (Å²) in [5, 5.41) is 2.79. The van der Waals surface area contributed by atoms with E-state index in [0.29, 0.717) is 17.8 Å². The first-order valence-electron chi connectivity index (χ1n) is 7.85. The van der Waals surface area contributed by atoms with Crippen molar-refractivity contribution in [2.45, 2.75) is 26.3 Å². The van der Waals surface area contributed by atoms with Crippen LogP contribution in [0.2, 0.25) is 0 Å². The van der Waals surface area contributed by atoms with Gasteiger partial charge in [0, 0.05) is 10.2 Å². The van der Waals surface area contributed by atoms with Gasteiger partial charge in [-0.2, -0.15) is 0 Å². The molecule has 25 heavy (non-hydrogen) atoms. The first kappa shape index (κ1) is 19.5. The quantitative estimate of drug-likeness (QED) is 0.763. The van der Waals surface area contributed by atoms with Crippen molar-refractivity contribution in [2.75, 3.05) is 15.9 Å². The van der Waals surface area contributed by atoms with Crippen LogP contribution in [0.1, 0.15) is 18.9 Å². The number of sulfonamides is 1. The number of carbonyl (C=O) groups excluding carboxylic acids is 1. The summed E-state index contributed by atoms with van der Waals surface area (Å²) in [5.41, 5.74) is 2.03. The monoisotopic (exact) mass is 424 g/mol. The van der Waals surface area contributed by atoms with Crippen LogP contribution >= 0.6 is 15.9 Å². The van der Waals surface area contributed by atoms with E-state index in [1.165, 1.54) is 4.31 Å². The molecule has 0 aliphatic carbocycles. The molecule has 0 bridgehead atoms. The molecule has 1 atom stereocenters. The fourth-order valence-electron chi connectivity index (χ4n) is 2.58. The van der Waals surface area contributed by atoms with Crippen molar-refractivity contribution in [1.29, 1.82) is 0 Å². The van der Waals surface area contributed by atoms with E-state index in [0.717, 1.165) is 16.3 Å². The highest BCUT2D eigenvalue weighted by atomic mass is 79.9. The highest BCUT2D eigenvalue weighted by molar-refractivity contribution is 9.10. The Morgan fingerprint density at radius 3 is 2.36 bits per heavy atom. The zero-order valence-electron chi connectivity index (χ0n) is 14.4. The molecule has 2 aromatic carbocycles. The van der Waals surface area contributed by atoms with Gasteiger partial charge in [0.1, 0.15) is 6.04 Å². The van der Waals surface area contributed by atoms with Crippen molar-refractivity contribution >= 4 is 43.2 Å². The Morgan fingerprint density at radius 1 is 1.20 bits per heavy atom. The lowest BCUT2D eigenvalue weighted by Gasteiger charge is -2.30. The summed E-state index contributed by atoms with van der Waals surface area (Å²) in [6.45, 7) is 3.67. The Hall–Kier alpha value is -1.86. The van der Waals surface area contributed by atoms with E-state index >= 15 is 0 Å². The van der Waals surface area contributed by atoms with E-state index in [2.05, 4.69) is 21.2 Å². The molecule has 0 spiro atoms. The van der Waals surface area contributed by atoms with Crippen molar-refractivity contribution in [3.63, 3.8) is 0 Å². The van der Waals surface area contributed by atoms with Crippen LogP contribution in [-0.2, 0) is 14.8 Å². The highest BCUT2D eigenvalue weighted by Crippen LogP contribution is 2.24. The third kappa shape index (κ3) is 5.06. The molecule has 0 saturated heterocycles. The number of hydrogen-bond donors (Lipinski definition) is 1. The smallest absolute Gasteiger partial charge is 0.248 e. The summed E-state index contributed by atoms with van der Waals surface area (Å²) >= 11 is 3.34. The minimum Gasteiger partial charge on any atom is -0.324 e. The number of halogens is 1. The van der Waals surface area contributed by atoms with Crippen LogP contribution in [0.5, 0.6) is 0 Å². The van der Waals surface area contributed by atoms with Gasteiger partial charge in [-0.05, 0) is 55.3 Å². The third-order valence-electron chi connectivity index (χ3n) is 3.70. The van der Waals surface area contributed by atoms with Crippen LogP contribution in [-0.4, -0.2) is 26.6 Å². The van der Waals surface area contributed by atoms with Gasteiger partial charge in [0.25, 0.3) is 0 Å². The van der Waals surface area contributed by atoms with Crippen LogP contribution < -0.4 is 9.62 Å². The number of benzene rings is 2. The predicted octanol–water partition coefficient (Wildman–Crippen LogP) is 3.94. The van der Waals surface area contributed by atoms with Crippen molar-refractivity contribution in [3.8, 4) is 0 Å². The maximum Gasteiger partial charge on any atom is 0.248 e. The van der Waals surface area contributed by atoms with Crippen molar-refractivity contribution in [2.24, 2.45) is 0 Å². The lowest BCUT2D eigenvalue weighted by Crippen LogP contribution is -2.47. The number of carbonyl (C=O) groups is 1. The molecule has 1 unspecified atom stereocenters. The summed E-state index contributed by atoms with van der Waals surface area (Å²) in [4.78, 5) is 12.7. The van der Waals surface area contributed by atoms with Crippen molar-refractivity contribution in [3.05, 3.63) is 58.6 Å². The summed E-state index contributed by atoms with van der Waals surface area (Å²) in [6, 6.07) is 13.4. The van der Waals surface area contributed by atoms with Crippen LogP contribution in [0.15, 0.2) is 53.0 Å². The molecule has 1 N–H and O–H groups in total. The topological polar surface area (TPSA) is 66.5 Å². The largest absolute Gasteiger partial charge is 0.324 e. The number of hydrogen-bond acceptors (Lipinski definition) is 3. The number of nitrogens with zero attached hydrogens (tertiary/aromatic N) is 1. The third-order valence-corrected chi connectivity index (χ3v) is 5.41. The SMILES string of the molecule is CCC(C(=O)Nc1ccc(Br)cc1)N(c1cccc(C)c1)S(C)(=O)=O. The molecule has 5 nitrogen and oxygen atoms in total. The minimum absolute atomic E-state index is 0.351. The lowest BCUT2D eigenvalue weighted by atomic mass is 10.1. The molecular weight excluding hydrogens is 404 g/mol. The van der Waals surface area contributed by atoms with E-state index in [9.17, 15) is 13.2 Å². The van der Waals surface area contributed by atoms with Gasteiger partial charge in [0.15, 0.2) is 0 Å². The van der Waals surface area contributed by atoms with E-state index in [1.807, 2.05) is 25.1 Å². The fourth-order valence-corrected chi connectivity index (χ4v) is 4.05. The Kier molecular flexibility index (Phi) is 6.24. The second kappa shape index (κ2) is 8.01. The van der Waals surface area contributed by atoms with Crippen LogP contribution in [0.25, 0.3) is 0 Å². The average molecular weight is 425 g/mol. The summed E-state index contributed by atoms with van der Waals surface area (Å²) in [5.74, 6) is -0.364. The molecule has 2 aromatic rings. The second-order valence-corrected chi connectivity index (χ2v) is 8.59. The van der Waals surface area contributed by atoms with Gasteiger partial charge in [0.05, 0.1) is 11.9 Å². The molecule has 7 heteroatoms. The molecule has 0 aromatic heterocycles. The van der Waals surface area contributed by atoms with Crippen LogP contribution in [0, 0.1) is 6.92 Å². The molecular formula is C18H21BrN2O3S. The van der Waals surface area contributed by atoms with Crippen molar-refractivity contribution < 1.29 is 13.2 Å².